The number of alkyl halides is 3. The van der Waals surface area contributed by atoms with Crippen molar-refractivity contribution < 1.29 is 46.9 Å². The van der Waals surface area contributed by atoms with E-state index in [9.17, 15) is 32.3 Å². The fourth-order valence-corrected chi connectivity index (χ4v) is 8.25. The Balaban J connectivity index is 1.10. The van der Waals surface area contributed by atoms with E-state index in [2.05, 4.69) is 10.2 Å². The van der Waals surface area contributed by atoms with E-state index in [4.69, 9.17) is 31.9 Å². The van der Waals surface area contributed by atoms with Gasteiger partial charge in [-0.2, -0.15) is 13.2 Å². The average molecular weight is 794 g/mol. The van der Waals surface area contributed by atoms with Gasteiger partial charge in [0.15, 0.2) is 6.10 Å². The summed E-state index contributed by atoms with van der Waals surface area (Å²) in [5.74, 6) is -0.696. The van der Waals surface area contributed by atoms with Crippen molar-refractivity contribution in [2.75, 3.05) is 83.6 Å². The second-order valence-corrected chi connectivity index (χ2v) is 14.9. The molecule has 300 valence electrons. The van der Waals surface area contributed by atoms with E-state index >= 15 is 0 Å². The van der Waals surface area contributed by atoms with Gasteiger partial charge in [0.1, 0.15) is 5.75 Å². The Morgan fingerprint density at radius 1 is 0.945 bits per heavy atom. The molecule has 0 aromatic heterocycles. The van der Waals surface area contributed by atoms with Gasteiger partial charge in [-0.15, -0.1) is 0 Å². The van der Waals surface area contributed by atoms with Gasteiger partial charge in [0.05, 0.1) is 29.9 Å². The molecule has 4 aliphatic heterocycles. The van der Waals surface area contributed by atoms with E-state index in [0.29, 0.717) is 83.7 Å². The lowest BCUT2D eigenvalue weighted by Crippen LogP contribution is -2.55. The van der Waals surface area contributed by atoms with Gasteiger partial charge in [-0.25, -0.2) is 9.59 Å². The molecule has 4 heterocycles. The van der Waals surface area contributed by atoms with E-state index in [-0.39, 0.29) is 54.8 Å². The third kappa shape index (κ3) is 9.67. The number of piperazine rings is 1. The number of nitrogens with two attached hydrogens (primary N) is 1. The van der Waals surface area contributed by atoms with Crippen LogP contribution in [-0.2, 0) is 33.3 Å². The van der Waals surface area contributed by atoms with Crippen LogP contribution in [0.4, 0.5) is 34.1 Å². The highest BCUT2D eigenvalue weighted by Crippen LogP contribution is 2.38. The molecule has 0 saturated carbocycles. The normalized spacial score (nSPS) is 20.0. The molecule has 2 aromatic carbocycles. The van der Waals surface area contributed by atoms with Gasteiger partial charge in [-0.3, -0.25) is 19.4 Å². The van der Waals surface area contributed by atoms with Gasteiger partial charge in [-0.1, -0.05) is 11.6 Å². The molecule has 4 N–H and O–H groups in total. The Labute approximate surface area is 322 Å². The first kappa shape index (κ1) is 40.2. The Kier molecular flexibility index (Phi) is 12.5. The van der Waals surface area contributed by atoms with E-state index in [1.807, 2.05) is 17.0 Å². The van der Waals surface area contributed by atoms with E-state index < -0.39 is 41.5 Å². The summed E-state index contributed by atoms with van der Waals surface area (Å²) in [6, 6.07) is 7.35. The molecule has 18 heteroatoms. The fraction of sp³-hybridized carbons (Fsp3) is 0.568. The minimum Gasteiger partial charge on any atom is -0.497 e. The van der Waals surface area contributed by atoms with Crippen molar-refractivity contribution in [1.29, 1.82) is 0 Å². The lowest BCUT2D eigenvalue weighted by atomic mass is 9.99. The molecule has 0 radical (unpaired) electrons. The van der Waals surface area contributed by atoms with Crippen LogP contribution in [0.15, 0.2) is 30.3 Å². The van der Waals surface area contributed by atoms with Crippen LogP contribution in [0.25, 0.3) is 0 Å². The number of aliphatic carboxylic acids is 1. The molecule has 1 atom stereocenters. The molecule has 14 nitrogen and oxygen atoms in total. The molecule has 3 saturated heterocycles. The van der Waals surface area contributed by atoms with Gasteiger partial charge < -0.3 is 40.3 Å². The smallest absolute Gasteiger partial charge is 0.418 e. The molecule has 0 bridgehead atoms. The molecule has 2 aromatic rings. The minimum atomic E-state index is -4.80. The summed E-state index contributed by atoms with van der Waals surface area (Å²) in [6.07, 6.45) is -4.56. The number of nitrogens with zero attached hydrogens (tertiary/aromatic N) is 5. The molecule has 3 fully saturated rings. The number of carboxylic acids is 1. The molecule has 0 aliphatic carbocycles. The monoisotopic (exact) mass is 793 g/mol. The number of carbonyl (C=O) groups is 4. The van der Waals surface area contributed by atoms with Crippen molar-refractivity contribution in [3.63, 3.8) is 0 Å². The number of methoxy groups -OCH3 is 1. The summed E-state index contributed by atoms with van der Waals surface area (Å²) >= 11 is 6.11. The number of anilines is 2. The number of nitrogen functional groups attached to an aromatic ring is 1. The second-order valence-electron chi connectivity index (χ2n) is 14.5. The Morgan fingerprint density at radius 3 is 2.24 bits per heavy atom. The maximum absolute atomic E-state index is 14.1. The molecular weight excluding hydrogens is 747 g/mol. The van der Waals surface area contributed by atoms with Crippen LogP contribution < -0.4 is 15.8 Å². The minimum absolute atomic E-state index is 0.0102. The van der Waals surface area contributed by atoms with Crippen LogP contribution >= 0.6 is 11.6 Å². The number of nitrogens with one attached hydrogen (secondary N) is 1. The number of amides is 4. The number of ether oxygens (including phenoxy) is 2. The first-order valence-corrected chi connectivity index (χ1v) is 18.9. The van der Waals surface area contributed by atoms with E-state index in [0.717, 1.165) is 17.3 Å². The Hall–Kier alpha value is -4.48. The first-order chi connectivity index (χ1) is 26.2. The van der Waals surface area contributed by atoms with Crippen LogP contribution in [0, 0.1) is 0 Å². The lowest BCUT2D eigenvalue weighted by molar-refractivity contribution is -0.142. The van der Waals surface area contributed by atoms with Gasteiger partial charge in [0.25, 0.3) is 5.91 Å². The van der Waals surface area contributed by atoms with Crippen LogP contribution in [-0.4, -0.2) is 144 Å². The maximum atomic E-state index is 14.1. The number of carbonyl (C=O) groups excluding carboxylic acids is 3. The molecule has 1 unspecified atom stereocenters. The maximum Gasteiger partial charge on any atom is 0.418 e. The number of carboxylic acid groups (broad SMARTS) is 1. The predicted molar refractivity (Wildman–Crippen MR) is 197 cm³/mol. The van der Waals surface area contributed by atoms with Crippen molar-refractivity contribution in [3.8, 4) is 5.75 Å². The average Bonchev–Trinajstić information content (AvgIpc) is 3.32. The number of benzene rings is 2. The fourth-order valence-electron chi connectivity index (χ4n) is 8.01. The number of hydrogen-bond donors (Lipinski definition) is 3. The topological polar surface area (TPSA) is 161 Å². The Morgan fingerprint density at radius 2 is 1.60 bits per heavy atom. The third-order valence-electron chi connectivity index (χ3n) is 11.1. The molecular formula is C37H47ClF3N7O7. The van der Waals surface area contributed by atoms with Gasteiger partial charge in [0.2, 0.25) is 0 Å². The standard InChI is InChI=1S/C37H47ClF3N7O7/c1-54-27-2-3-30-24(21-27)4-13-48(35(52)43-30)26-7-11-47(12-8-26)36(53)55-31(20-23-18-28(37(39,40)41)33(42)29(38)19-23)34(51)46-9-5-25(6-10-46)45-16-14-44(15-17-45)22-32(49)50/h2-3,18-19,21,25-26,31H,4-17,20,22,42H2,1H3,(H,43,52)(H,49,50). The molecule has 0 spiro atoms. The quantitative estimate of drug-likeness (QED) is 0.314. The summed E-state index contributed by atoms with van der Waals surface area (Å²) in [5, 5.41) is 11.8. The zero-order valence-corrected chi connectivity index (χ0v) is 31.4. The zero-order chi connectivity index (χ0) is 39.4. The summed E-state index contributed by atoms with van der Waals surface area (Å²) in [6.45, 7) is 4.30. The SMILES string of the molecule is COc1ccc2c(c1)CCN(C1CCN(C(=O)OC(Cc3cc(Cl)c(N)c(C(F)(F)F)c3)C(=O)N3CCC(N4CCN(CC(=O)O)CC4)CC3)CC1)C(=O)N2. The molecule has 4 amide bonds. The molecule has 55 heavy (non-hydrogen) atoms. The van der Waals surface area contributed by atoms with Crippen molar-refractivity contribution in [1.82, 2.24) is 24.5 Å². The number of halogens is 4. The summed E-state index contributed by atoms with van der Waals surface area (Å²) in [7, 11) is 1.58. The van der Waals surface area contributed by atoms with Crippen LogP contribution in [0.5, 0.6) is 5.75 Å². The summed E-state index contributed by atoms with van der Waals surface area (Å²) in [4.78, 5) is 61.0. The number of hydrogen-bond acceptors (Lipinski definition) is 9. The van der Waals surface area contributed by atoms with Crippen LogP contribution in [0.2, 0.25) is 5.02 Å². The number of piperidine rings is 2. The van der Waals surface area contributed by atoms with Crippen LogP contribution in [0.3, 0.4) is 0 Å². The summed E-state index contributed by atoms with van der Waals surface area (Å²) in [5.41, 5.74) is 5.60. The highest BCUT2D eigenvalue weighted by Gasteiger charge is 2.38. The number of rotatable bonds is 9. The lowest BCUT2D eigenvalue weighted by Gasteiger charge is -2.43. The second kappa shape index (κ2) is 17.1. The largest absolute Gasteiger partial charge is 0.497 e. The van der Waals surface area contributed by atoms with Crippen molar-refractivity contribution in [3.05, 3.63) is 52.0 Å². The van der Waals surface area contributed by atoms with Crippen molar-refractivity contribution >= 4 is 47.0 Å². The van der Waals surface area contributed by atoms with E-state index in [1.165, 1.54) is 11.0 Å². The van der Waals surface area contributed by atoms with Crippen molar-refractivity contribution in [2.45, 2.75) is 62.9 Å². The number of urea groups is 1. The third-order valence-corrected chi connectivity index (χ3v) is 11.4. The molecule has 6 rings (SSSR count). The van der Waals surface area contributed by atoms with Crippen LogP contribution in [0.1, 0.15) is 42.4 Å². The van der Waals surface area contributed by atoms with Gasteiger partial charge in [-0.05, 0) is 73.6 Å². The highest BCUT2D eigenvalue weighted by molar-refractivity contribution is 6.33. The number of fused-ring (bicyclic) bond motifs is 1. The first-order valence-electron chi connectivity index (χ1n) is 18.5. The van der Waals surface area contributed by atoms with E-state index in [1.54, 1.807) is 23.0 Å². The Bertz CT molecular complexity index is 1740. The zero-order valence-electron chi connectivity index (χ0n) is 30.7. The summed E-state index contributed by atoms with van der Waals surface area (Å²) < 4.78 is 52.7. The van der Waals surface area contributed by atoms with Gasteiger partial charge >= 0.3 is 24.3 Å². The predicted octanol–water partition coefficient (Wildman–Crippen LogP) is 4.25. The molecule has 4 aliphatic rings. The van der Waals surface area contributed by atoms with Crippen molar-refractivity contribution in [2.24, 2.45) is 0 Å². The van der Waals surface area contributed by atoms with Gasteiger partial charge in [0, 0.05) is 83.1 Å². The highest BCUT2D eigenvalue weighted by atomic mass is 35.5. The number of likely N-dealkylation sites (tertiary alicyclic amines) is 2.